The summed E-state index contributed by atoms with van der Waals surface area (Å²) >= 11 is 0. The molecular formula is C16H25N3O2. The van der Waals surface area contributed by atoms with Gasteiger partial charge in [-0.25, -0.2) is 0 Å². The lowest BCUT2D eigenvalue weighted by Crippen LogP contribution is -2.56. The summed E-state index contributed by atoms with van der Waals surface area (Å²) in [7, 11) is 0. The van der Waals surface area contributed by atoms with Crippen molar-refractivity contribution in [2.24, 2.45) is 5.92 Å². The van der Waals surface area contributed by atoms with Gasteiger partial charge in [0.1, 0.15) is 0 Å². The van der Waals surface area contributed by atoms with Crippen molar-refractivity contribution < 1.29 is 9.59 Å². The van der Waals surface area contributed by atoms with Gasteiger partial charge in [0, 0.05) is 38.1 Å². The molecule has 1 N–H and O–H groups in total. The molecule has 4 fully saturated rings. The van der Waals surface area contributed by atoms with Gasteiger partial charge in [-0.3, -0.25) is 9.59 Å². The number of rotatable bonds is 1. The van der Waals surface area contributed by atoms with Crippen molar-refractivity contribution >= 4 is 11.8 Å². The third-order valence-electron chi connectivity index (χ3n) is 5.97. The van der Waals surface area contributed by atoms with Crippen LogP contribution >= 0.6 is 0 Å². The number of piperazine rings is 1. The highest BCUT2D eigenvalue weighted by molar-refractivity contribution is 5.83. The zero-order valence-electron chi connectivity index (χ0n) is 12.6. The molecule has 0 aromatic heterocycles. The van der Waals surface area contributed by atoms with Crippen LogP contribution in [-0.4, -0.2) is 59.4 Å². The Balaban J connectivity index is 1.38. The van der Waals surface area contributed by atoms with E-state index in [9.17, 15) is 9.59 Å². The number of fused-ring (bicyclic) bond motifs is 2. The molecule has 3 heterocycles. The Kier molecular flexibility index (Phi) is 3.40. The Labute approximate surface area is 126 Å². The fourth-order valence-corrected chi connectivity index (χ4v) is 4.80. The zero-order chi connectivity index (χ0) is 14.4. The number of nitrogens with one attached hydrogen (secondary N) is 1. The van der Waals surface area contributed by atoms with Crippen molar-refractivity contribution in [3.8, 4) is 0 Å². The van der Waals surface area contributed by atoms with Gasteiger partial charge in [0.2, 0.25) is 11.8 Å². The molecule has 4 aliphatic rings. The standard InChI is InChI=1S/C16H25N3O2/c20-15-6-5-12-10-18(7-8-19(12)15)16(21)14-9-11-3-1-2-4-13(11)17-14/h11-14,17H,1-10H2. The molecule has 21 heavy (non-hydrogen) atoms. The summed E-state index contributed by atoms with van der Waals surface area (Å²) < 4.78 is 0. The van der Waals surface area contributed by atoms with E-state index in [1.165, 1.54) is 25.7 Å². The van der Waals surface area contributed by atoms with E-state index in [4.69, 9.17) is 0 Å². The predicted octanol–water partition coefficient (Wildman–Crippen LogP) is 0.740. The number of nitrogens with zero attached hydrogens (tertiary/aromatic N) is 2. The maximum absolute atomic E-state index is 12.8. The Hall–Kier alpha value is -1.10. The summed E-state index contributed by atoms with van der Waals surface area (Å²) in [6, 6.07) is 0.877. The highest BCUT2D eigenvalue weighted by atomic mass is 16.2. The number of hydrogen-bond acceptors (Lipinski definition) is 3. The number of carbonyl (C=O) groups is 2. The van der Waals surface area contributed by atoms with E-state index in [-0.39, 0.29) is 23.9 Å². The maximum atomic E-state index is 12.8. The first kappa shape index (κ1) is 13.6. The summed E-state index contributed by atoms with van der Waals surface area (Å²) in [5.74, 6) is 1.27. The van der Waals surface area contributed by atoms with E-state index in [2.05, 4.69) is 5.32 Å². The lowest BCUT2D eigenvalue weighted by atomic mass is 9.85. The second kappa shape index (κ2) is 5.27. The molecule has 0 aromatic carbocycles. The van der Waals surface area contributed by atoms with Crippen LogP contribution in [0.25, 0.3) is 0 Å². The van der Waals surface area contributed by atoms with Gasteiger partial charge in [-0.1, -0.05) is 12.8 Å². The van der Waals surface area contributed by atoms with Crippen LogP contribution in [0, 0.1) is 5.92 Å². The van der Waals surface area contributed by atoms with Crippen molar-refractivity contribution in [3.63, 3.8) is 0 Å². The van der Waals surface area contributed by atoms with Gasteiger partial charge in [0.25, 0.3) is 0 Å². The Morgan fingerprint density at radius 1 is 1.14 bits per heavy atom. The van der Waals surface area contributed by atoms with Crippen molar-refractivity contribution in [2.75, 3.05) is 19.6 Å². The number of hydrogen-bond donors (Lipinski definition) is 1. The second-order valence-corrected chi connectivity index (χ2v) is 7.17. The second-order valence-electron chi connectivity index (χ2n) is 7.17. The van der Waals surface area contributed by atoms with Crippen LogP contribution in [0.2, 0.25) is 0 Å². The first-order valence-electron chi connectivity index (χ1n) is 8.56. The smallest absolute Gasteiger partial charge is 0.239 e. The molecule has 0 radical (unpaired) electrons. The van der Waals surface area contributed by atoms with Crippen LogP contribution in [0.4, 0.5) is 0 Å². The van der Waals surface area contributed by atoms with Gasteiger partial charge in [-0.05, 0) is 31.6 Å². The summed E-state index contributed by atoms with van der Waals surface area (Å²) in [6.07, 6.45) is 7.76. The highest BCUT2D eigenvalue weighted by Crippen LogP contribution is 2.34. The van der Waals surface area contributed by atoms with Crippen LogP contribution in [0.1, 0.15) is 44.9 Å². The first-order valence-corrected chi connectivity index (χ1v) is 8.56. The zero-order valence-corrected chi connectivity index (χ0v) is 12.6. The van der Waals surface area contributed by atoms with E-state index in [0.29, 0.717) is 24.9 Å². The van der Waals surface area contributed by atoms with Gasteiger partial charge in [-0.2, -0.15) is 0 Å². The molecule has 2 amide bonds. The van der Waals surface area contributed by atoms with E-state index in [1.54, 1.807) is 0 Å². The molecule has 4 unspecified atom stereocenters. The molecule has 1 aliphatic carbocycles. The van der Waals surface area contributed by atoms with Crippen molar-refractivity contribution in [1.29, 1.82) is 0 Å². The van der Waals surface area contributed by atoms with Gasteiger partial charge in [0.15, 0.2) is 0 Å². The molecule has 0 bridgehead atoms. The normalized spacial score (nSPS) is 39.3. The quantitative estimate of drug-likeness (QED) is 0.775. The average molecular weight is 291 g/mol. The van der Waals surface area contributed by atoms with Crippen LogP contribution in [-0.2, 0) is 9.59 Å². The summed E-state index contributed by atoms with van der Waals surface area (Å²) in [5, 5.41) is 3.59. The molecule has 3 saturated heterocycles. The summed E-state index contributed by atoms with van der Waals surface area (Å²) in [4.78, 5) is 28.5. The molecule has 0 aromatic rings. The molecule has 116 valence electrons. The topological polar surface area (TPSA) is 52.7 Å². The SMILES string of the molecule is O=C(C1CC2CCCCC2N1)N1CCN2C(=O)CCC2C1. The fourth-order valence-electron chi connectivity index (χ4n) is 4.80. The van der Waals surface area contributed by atoms with E-state index in [0.717, 1.165) is 25.9 Å². The van der Waals surface area contributed by atoms with E-state index >= 15 is 0 Å². The molecule has 4 rings (SSSR count). The Morgan fingerprint density at radius 3 is 2.86 bits per heavy atom. The van der Waals surface area contributed by atoms with Crippen LogP contribution < -0.4 is 5.32 Å². The Morgan fingerprint density at radius 2 is 2.00 bits per heavy atom. The van der Waals surface area contributed by atoms with Crippen LogP contribution in [0.3, 0.4) is 0 Å². The molecule has 5 nitrogen and oxygen atoms in total. The van der Waals surface area contributed by atoms with Crippen LogP contribution in [0.5, 0.6) is 0 Å². The van der Waals surface area contributed by atoms with Gasteiger partial charge in [0.05, 0.1) is 6.04 Å². The monoisotopic (exact) mass is 291 g/mol. The van der Waals surface area contributed by atoms with Gasteiger partial charge in [-0.15, -0.1) is 0 Å². The van der Waals surface area contributed by atoms with Crippen molar-refractivity contribution in [2.45, 2.75) is 63.1 Å². The largest absolute Gasteiger partial charge is 0.338 e. The van der Waals surface area contributed by atoms with Crippen LogP contribution in [0.15, 0.2) is 0 Å². The molecule has 5 heteroatoms. The minimum absolute atomic E-state index is 0.0294. The van der Waals surface area contributed by atoms with E-state index < -0.39 is 0 Å². The third-order valence-corrected chi connectivity index (χ3v) is 5.97. The van der Waals surface area contributed by atoms with E-state index in [1.807, 2.05) is 9.80 Å². The average Bonchev–Trinajstić information content (AvgIpc) is 3.10. The van der Waals surface area contributed by atoms with Gasteiger partial charge >= 0.3 is 0 Å². The number of amides is 2. The maximum Gasteiger partial charge on any atom is 0.239 e. The molecule has 3 aliphatic heterocycles. The highest BCUT2D eigenvalue weighted by Gasteiger charge is 2.42. The molecule has 1 saturated carbocycles. The summed E-state index contributed by atoms with van der Waals surface area (Å²) in [5.41, 5.74) is 0. The lowest BCUT2D eigenvalue weighted by Gasteiger charge is -2.38. The van der Waals surface area contributed by atoms with Crippen molar-refractivity contribution in [3.05, 3.63) is 0 Å². The molecular weight excluding hydrogens is 266 g/mol. The van der Waals surface area contributed by atoms with Crippen molar-refractivity contribution in [1.82, 2.24) is 15.1 Å². The Bertz CT molecular complexity index is 439. The minimum atomic E-state index is 0.0294. The minimum Gasteiger partial charge on any atom is -0.338 e. The van der Waals surface area contributed by atoms with Gasteiger partial charge < -0.3 is 15.1 Å². The first-order chi connectivity index (χ1) is 10.2. The lowest BCUT2D eigenvalue weighted by molar-refractivity contribution is -0.140. The molecule has 0 spiro atoms. The fraction of sp³-hybridized carbons (Fsp3) is 0.875. The molecule has 4 atom stereocenters. The summed E-state index contributed by atoms with van der Waals surface area (Å²) in [6.45, 7) is 2.20. The predicted molar refractivity (Wildman–Crippen MR) is 78.6 cm³/mol. The number of carbonyl (C=O) groups excluding carboxylic acids is 2. The third kappa shape index (κ3) is 2.35.